The van der Waals surface area contributed by atoms with Crippen LogP contribution < -0.4 is 5.32 Å². The lowest BCUT2D eigenvalue weighted by Gasteiger charge is -2.23. The number of carbonyl (C=O) groups excluding carboxylic acids is 2. The highest BCUT2D eigenvalue weighted by Crippen LogP contribution is 2.42. The molecule has 2 heterocycles. The zero-order valence-corrected chi connectivity index (χ0v) is 16.5. The van der Waals surface area contributed by atoms with Crippen molar-refractivity contribution in [1.29, 1.82) is 0 Å². The number of carbonyl (C=O) groups is 2. The summed E-state index contributed by atoms with van der Waals surface area (Å²) >= 11 is 7.91. The van der Waals surface area contributed by atoms with Crippen LogP contribution in [0.2, 0.25) is 5.02 Å². The van der Waals surface area contributed by atoms with E-state index >= 15 is 0 Å². The fourth-order valence-corrected chi connectivity index (χ4v) is 4.91. The number of halogens is 1. The lowest BCUT2D eigenvalue weighted by Crippen LogP contribution is -2.34. The molecule has 136 valence electrons. The van der Waals surface area contributed by atoms with Crippen LogP contribution in [0.4, 0.5) is 5.13 Å². The Labute approximate surface area is 161 Å². The Balaban J connectivity index is 1.69. The van der Waals surface area contributed by atoms with Gasteiger partial charge in [0.15, 0.2) is 5.13 Å². The van der Waals surface area contributed by atoms with E-state index in [4.69, 9.17) is 11.6 Å². The van der Waals surface area contributed by atoms with Crippen LogP contribution in [0.15, 0.2) is 12.1 Å². The summed E-state index contributed by atoms with van der Waals surface area (Å²) in [4.78, 5) is 31.4. The van der Waals surface area contributed by atoms with Crippen molar-refractivity contribution in [2.75, 3.05) is 5.32 Å². The van der Waals surface area contributed by atoms with Crippen molar-refractivity contribution in [2.45, 2.75) is 46.2 Å². The third-order valence-corrected chi connectivity index (χ3v) is 6.54. The maximum absolute atomic E-state index is 12.8. The van der Waals surface area contributed by atoms with Gasteiger partial charge in [0.05, 0.1) is 21.2 Å². The SMILES string of the molecule is CC(=O)Nc1nc(C)c(-c2cc(Cl)c3c(c2)CN([C@@H](C)C2CC2)C3=O)s1. The van der Waals surface area contributed by atoms with Gasteiger partial charge in [-0.2, -0.15) is 0 Å². The van der Waals surface area contributed by atoms with E-state index in [1.807, 2.05) is 24.0 Å². The molecule has 4 rings (SSSR count). The van der Waals surface area contributed by atoms with E-state index < -0.39 is 0 Å². The summed E-state index contributed by atoms with van der Waals surface area (Å²) in [5.74, 6) is 0.513. The monoisotopic (exact) mass is 389 g/mol. The van der Waals surface area contributed by atoms with Crippen molar-refractivity contribution in [3.63, 3.8) is 0 Å². The van der Waals surface area contributed by atoms with Gasteiger partial charge in [0, 0.05) is 19.5 Å². The molecular weight excluding hydrogens is 370 g/mol. The number of nitrogens with one attached hydrogen (secondary N) is 1. The summed E-state index contributed by atoms with van der Waals surface area (Å²) in [5.41, 5.74) is 3.38. The van der Waals surface area contributed by atoms with Gasteiger partial charge in [-0.3, -0.25) is 9.59 Å². The maximum atomic E-state index is 12.8. The van der Waals surface area contributed by atoms with Crippen molar-refractivity contribution >= 4 is 39.9 Å². The van der Waals surface area contributed by atoms with Gasteiger partial charge in [-0.15, -0.1) is 0 Å². The Morgan fingerprint density at radius 1 is 1.42 bits per heavy atom. The quantitative estimate of drug-likeness (QED) is 0.838. The summed E-state index contributed by atoms with van der Waals surface area (Å²) < 4.78 is 0. The van der Waals surface area contributed by atoms with Crippen LogP contribution in [0.5, 0.6) is 0 Å². The number of fused-ring (bicyclic) bond motifs is 1. The zero-order valence-electron chi connectivity index (χ0n) is 14.9. The third kappa shape index (κ3) is 3.01. The maximum Gasteiger partial charge on any atom is 0.256 e. The van der Waals surface area contributed by atoms with Crippen molar-refractivity contribution in [2.24, 2.45) is 5.92 Å². The number of thiazole rings is 1. The van der Waals surface area contributed by atoms with Crippen LogP contribution >= 0.6 is 22.9 Å². The zero-order chi connectivity index (χ0) is 18.6. The lowest BCUT2D eigenvalue weighted by atomic mass is 10.0. The summed E-state index contributed by atoms with van der Waals surface area (Å²) in [5, 5.41) is 3.78. The standard InChI is InChI=1S/C19H20ClN3O2S/c1-9-17(26-19(21-9)22-11(3)24)13-6-14-8-23(10(2)12-4-5-12)18(25)16(14)15(20)7-13/h6-7,10,12H,4-5,8H2,1-3H3,(H,21,22,24)/t10-/m0/s1. The summed E-state index contributed by atoms with van der Waals surface area (Å²) in [6.07, 6.45) is 2.40. The van der Waals surface area contributed by atoms with Gasteiger partial charge >= 0.3 is 0 Å². The Morgan fingerprint density at radius 3 is 2.81 bits per heavy atom. The number of nitrogens with zero attached hydrogens (tertiary/aromatic N) is 2. The predicted octanol–water partition coefficient (Wildman–Crippen LogP) is 4.48. The van der Waals surface area contributed by atoms with E-state index in [2.05, 4.69) is 17.2 Å². The number of amides is 2. The molecule has 1 saturated carbocycles. The third-order valence-electron chi connectivity index (χ3n) is 5.12. The second-order valence-corrected chi connectivity index (χ2v) is 8.52. The Morgan fingerprint density at radius 2 is 2.15 bits per heavy atom. The van der Waals surface area contributed by atoms with Gasteiger partial charge < -0.3 is 10.2 Å². The molecular formula is C19H20ClN3O2S. The average Bonchev–Trinajstić information content (AvgIpc) is 3.27. The van der Waals surface area contributed by atoms with Crippen LogP contribution in [0, 0.1) is 12.8 Å². The van der Waals surface area contributed by atoms with Crippen molar-refractivity contribution in [3.8, 4) is 10.4 Å². The first-order chi connectivity index (χ1) is 12.3. The molecule has 1 aliphatic carbocycles. The lowest BCUT2D eigenvalue weighted by molar-refractivity contribution is -0.114. The molecule has 1 fully saturated rings. The van der Waals surface area contributed by atoms with Crippen molar-refractivity contribution in [3.05, 3.63) is 34.0 Å². The Hall–Kier alpha value is -1.92. The minimum absolute atomic E-state index is 0.0379. The fourth-order valence-electron chi connectivity index (χ4n) is 3.59. The number of aromatic nitrogens is 1. The van der Waals surface area contributed by atoms with E-state index in [0.717, 1.165) is 21.7 Å². The van der Waals surface area contributed by atoms with Crippen molar-refractivity contribution in [1.82, 2.24) is 9.88 Å². The van der Waals surface area contributed by atoms with E-state index in [-0.39, 0.29) is 17.9 Å². The largest absolute Gasteiger partial charge is 0.331 e. The average molecular weight is 390 g/mol. The molecule has 0 radical (unpaired) electrons. The number of hydrogen-bond donors (Lipinski definition) is 1. The fraction of sp³-hybridized carbons (Fsp3) is 0.421. The molecule has 7 heteroatoms. The molecule has 2 amide bonds. The molecule has 26 heavy (non-hydrogen) atoms. The first-order valence-corrected chi connectivity index (χ1v) is 9.93. The highest BCUT2D eigenvalue weighted by atomic mass is 35.5. The normalized spacial score (nSPS) is 17.4. The Kier molecular flexibility index (Phi) is 4.28. The van der Waals surface area contributed by atoms with Gasteiger partial charge in [-0.25, -0.2) is 4.98 Å². The van der Waals surface area contributed by atoms with E-state index in [0.29, 0.717) is 28.2 Å². The number of aryl methyl sites for hydroxylation is 1. The number of anilines is 1. The second-order valence-electron chi connectivity index (χ2n) is 7.12. The van der Waals surface area contributed by atoms with E-state index in [1.54, 1.807) is 0 Å². The van der Waals surface area contributed by atoms with Gasteiger partial charge in [0.2, 0.25) is 5.91 Å². The van der Waals surface area contributed by atoms with Crippen molar-refractivity contribution < 1.29 is 9.59 Å². The van der Waals surface area contributed by atoms with Gasteiger partial charge in [-0.1, -0.05) is 22.9 Å². The molecule has 2 aliphatic rings. The second kappa shape index (κ2) is 6.35. The van der Waals surface area contributed by atoms with E-state index in [9.17, 15) is 9.59 Å². The topological polar surface area (TPSA) is 62.3 Å². The van der Waals surface area contributed by atoms with Crippen LogP contribution in [0.25, 0.3) is 10.4 Å². The molecule has 5 nitrogen and oxygen atoms in total. The molecule has 0 bridgehead atoms. The first-order valence-electron chi connectivity index (χ1n) is 8.74. The van der Waals surface area contributed by atoms with Gasteiger partial charge in [0.25, 0.3) is 5.91 Å². The molecule has 0 spiro atoms. The molecule has 1 aromatic carbocycles. The molecule has 1 aromatic heterocycles. The molecule has 0 saturated heterocycles. The minimum Gasteiger partial charge on any atom is -0.331 e. The first kappa shape index (κ1) is 17.5. The summed E-state index contributed by atoms with van der Waals surface area (Å²) in [6, 6.07) is 4.13. The smallest absolute Gasteiger partial charge is 0.256 e. The highest BCUT2D eigenvalue weighted by molar-refractivity contribution is 7.19. The van der Waals surface area contributed by atoms with Gasteiger partial charge in [0.1, 0.15) is 0 Å². The predicted molar refractivity (Wildman–Crippen MR) is 104 cm³/mol. The Bertz CT molecular complexity index is 920. The van der Waals surface area contributed by atoms with Crippen LogP contribution in [-0.4, -0.2) is 27.7 Å². The molecule has 1 atom stereocenters. The molecule has 1 aliphatic heterocycles. The summed E-state index contributed by atoms with van der Waals surface area (Å²) in [6.45, 7) is 6.11. The highest BCUT2D eigenvalue weighted by Gasteiger charge is 2.39. The minimum atomic E-state index is -0.146. The number of benzene rings is 1. The number of hydrogen-bond acceptors (Lipinski definition) is 4. The van der Waals surface area contributed by atoms with Gasteiger partial charge in [-0.05, 0) is 55.9 Å². The van der Waals surface area contributed by atoms with Crippen LogP contribution in [-0.2, 0) is 11.3 Å². The molecule has 2 aromatic rings. The number of rotatable bonds is 4. The van der Waals surface area contributed by atoms with Crippen LogP contribution in [0.3, 0.4) is 0 Å². The van der Waals surface area contributed by atoms with E-state index in [1.165, 1.54) is 31.1 Å². The van der Waals surface area contributed by atoms with Crippen LogP contribution in [0.1, 0.15) is 48.3 Å². The summed E-state index contributed by atoms with van der Waals surface area (Å²) in [7, 11) is 0. The molecule has 1 N–H and O–H groups in total. The molecule has 0 unspecified atom stereocenters.